The van der Waals surface area contributed by atoms with E-state index < -0.39 is 0 Å². The SMILES string of the molecule is O.O.O.O=CO.[Na]. The summed E-state index contributed by atoms with van der Waals surface area (Å²) in [5, 5.41) is 6.89. The molecular weight excluding hydrogens is 115 g/mol. The number of carbonyl (C=O) groups is 1. The van der Waals surface area contributed by atoms with Crippen molar-refractivity contribution in [1.29, 1.82) is 0 Å². The number of hydrogen-bond acceptors (Lipinski definition) is 1. The zero-order valence-corrected chi connectivity index (χ0v) is 5.93. The van der Waals surface area contributed by atoms with Crippen molar-refractivity contribution in [2.24, 2.45) is 0 Å². The van der Waals surface area contributed by atoms with E-state index >= 15 is 0 Å². The van der Waals surface area contributed by atoms with Gasteiger partial charge >= 0.3 is 0 Å². The minimum absolute atomic E-state index is 0. The number of hydrogen-bond donors (Lipinski definition) is 1. The van der Waals surface area contributed by atoms with Crippen LogP contribution in [-0.2, 0) is 4.79 Å². The summed E-state index contributed by atoms with van der Waals surface area (Å²) in [6.07, 6.45) is 0. The quantitative estimate of drug-likeness (QED) is 0.269. The first-order valence-electron chi connectivity index (χ1n) is 0.494. The van der Waals surface area contributed by atoms with Crippen molar-refractivity contribution >= 4 is 36.0 Å². The first kappa shape index (κ1) is 53.7. The molecule has 6 heteroatoms. The molecule has 5 nitrogen and oxygen atoms in total. The van der Waals surface area contributed by atoms with Gasteiger partial charge in [-0.25, -0.2) is 0 Å². The molecular formula is CH8NaO5. The van der Waals surface area contributed by atoms with Gasteiger partial charge in [0.15, 0.2) is 0 Å². The van der Waals surface area contributed by atoms with E-state index in [0.29, 0.717) is 0 Å². The Morgan fingerprint density at radius 3 is 1.14 bits per heavy atom. The van der Waals surface area contributed by atoms with Crippen molar-refractivity contribution in [2.75, 3.05) is 0 Å². The van der Waals surface area contributed by atoms with E-state index in [1.54, 1.807) is 0 Å². The maximum absolute atomic E-state index is 8.36. The molecule has 0 aliphatic carbocycles. The molecule has 0 aromatic heterocycles. The fourth-order valence-electron chi connectivity index (χ4n) is 0. The molecule has 0 rings (SSSR count). The second kappa shape index (κ2) is 99.7. The van der Waals surface area contributed by atoms with Crippen molar-refractivity contribution in [2.45, 2.75) is 0 Å². The predicted molar refractivity (Wildman–Crippen MR) is 25.3 cm³/mol. The minimum atomic E-state index is -0.250. The zero-order valence-electron chi connectivity index (χ0n) is 3.93. The second-order valence-electron chi connectivity index (χ2n) is 0.105. The Bertz CT molecular complexity index is 15.6. The average Bonchev–Trinajstić information content (AvgIpc) is 0.918. The monoisotopic (exact) mass is 123 g/mol. The van der Waals surface area contributed by atoms with Crippen LogP contribution in [0.4, 0.5) is 0 Å². The van der Waals surface area contributed by atoms with Crippen molar-refractivity contribution in [3.05, 3.63) is 0 Å². The molecule has 7 heavy (non-hydrogen) atoms. The van der Waals surface area contributed by atoms with Crippen LogP contribution in [0.3, 0.4) is 0 Å². The van der Waals surface area contributed by atoms with E-state index in [9.17, 15) is 0 Å². The Kier molecular flexibility index (Phi) is 765. The zero-order chi connectivity index (χ0) is 2.71. The maximum Gasteiger partial charge on any atom is 0.290 e. The van der Waals surface area contributed by atoms with Crippen molar-refractivity contribution < 1.29 is 26.3 Å². The number of rotatable bonds is 0. The number of carboxylic acid groups (broad SMARTS) is 1. The van der Waals surface area contributed by atoms with Crippen LogP contribution < -0.4 is 0 Å². The molecule has 0 atom stereocenters. The van der Waals surface area contributed by atoms with Gasteiger partial charge in [-0.2, -0.15) is 0 Å². The van der Waals surface area contributed by atoms with Crippen molar-refractivity contribution in [3.63, 3.8) is 0 Å². The normalized spacial score (nSPS) is 1.71. The summed E-state index contributed by atoms with van der Waals surface area (Å²) in [7, 11) is 0. The van der Waals surface area contributed by atoms with Crippen LogP contribution in [0.2, 0.25) is 0 Å². The molecule has 0 fully saturated rings. The first-order chi connectivity index (χ1) is 1.41. The molecule has 0 amide bonds. The third-order valence-electron chi connectivity index (χ3n) is 0. The third kappa shape index (κ3) is 981. The van der Waals surface area contributed by atoms with Crippen LogP contribution in [0, 0.1) is 0 Å². The Hall–Kier alpha value is 0.350. The van der Waals surface area contributed by atoms with Gasteiger partial charge in [0.05, 0.1) is 0 Å². The predicted octanol–water partition coefficient (Wildman–Crippen LogP) is -3.15. The van der Waals surface area contributed by atoms with Gasteiger partial charge in [-0.1, -0.05) is 0 Å². The molecule has 7 N–H and O–H groups in total. The third-order valence-corrected chi connectivity index (χ3v) is 0. The Morgan fingerprint density at radius 2 is 1.14 bits per heavy atom. The fraction of sp³-hybridized carbons (Fsp3) is 0. The molecule has 43 valence electrons. The van der Waals surface area contributed by atoms with Gasteiger partial charge in [-0.15, -0.1) is 0 Å². The van der Waals surface area contributed by atoms with E-state index in [2.05, 4.69) is 0 Å². The van der Waals surface area contributed by atoms with Crippen LogP contribution in [0.5, 0.6) is 0 Å². The summed E-state index contributed by atoms with van der Waals surface area (Å²) in [5.41, 5.74) is 0. The van der Waals surface area contributed by atoms with Crippen LogP contribution in [0.1, 0.15) is 0 Å². The fourth-order valence-corrected chi connectivity index (χ4v) is 0. The summed E-state index contributed by atoms with van der Waals surface area (Å²) >= 11 is 0. The summed E-state index contributed by atoms with van der Waals surface area (Å²) in [5.74, 6) is 0. The van der Waals surface area contributed by atoms with Gasteiger partial charge in [0.2, 0.25) is 0 Å². The van der Waals surface area contributed by atoms with Gasteiger partial charge in [0.25, 0.3) is 6.47 Å². The van der Waals surface area contributed by atoms with Gasteiger partial charge < -0.3 is 21.5 Å². The van der Waals surface area contributed by atoms with E-state index in [0.717, 1.165) is 0 Å². The van der Waals surface area contributed by atoms with Crippen LogP contribution in [0.15, 0.2) is 0 Å². The molecule has 0 aromatic rings. The molecule has 0 bridgehead atoms. The van der Waals surface area contributed by atoms with Crippen LogP contribution in [0.25, 0.3) is 0 Å². The van der Waals surface area contributed by atoms with E-state index in [-0.39, 0.29) is 52.5 Å². The summed E-state index contributed by atoms with van der Waals surface area (Å²) in [6.45, 7) is -0.250. The Balaban J connectivity index is -0.00000000333. The topological polar surface area (TPSA) is 132 Å². The largest absolute Gasteiger partial charge is 0.483 e. The smallest absolute Gasteiger partial charge is 0.290 e. The van der Waals surface area contributed by atoms with Gasteiger partial charge in [-0.05, 0) is 0 Å². The Labute approximate surface area is 62.6 Å². The molecule has 0 aliphatic heterocycles. The van der Waals surface area contributed by atoms with Gasteiger partial charge in [0.1, 0.15) is 0 Å². The molecule has 0 spiro atoms. The summed E-state index contributed by atoms with van der Waals surface area (Å²) in [4.78, 5) is 8.36. The van der Waals surface area contributed by atoms with Gasteiger partial charge in [0, 0.05) is 29.6 Å². The van der Waals surface area contributed by atoms with Gasteiger partial charge in [-0.3, -0.25) is 4.79 Å². The molecule has 0 saturated heterocycles. The molecule has 0 heterocycles. The minimum Gasteiger partial charge on any atom is -0.483 e. The van der Waals surface area contributed by atoms with Crippen LogP contribution in [-0.4, -0.2) is 57.6 Å². The van der Waals surface area contributed by atoms with E-state index in [1.807, 2.05) is 0 Å². The summed E-state index contributed by atoms with van der Waals surface area (Å²) < 4.78 is 0. The van der Waals surface area contributed by atoms with Crippen molar-refractivity contribution in [3.8, 4) is 0 Å². The second-order valence-corrected chi connectivity index (χ2v) is 0.105. The van der Waals surface area contributed by atoms with E-state index in [1.165, 1.54) is 0 Å². The van der Waals surface area contributed by atoms with Crippen LogP contribution >= 0.6 is 0 Å². The standard InChI is InChI=1S/CH2O2.Na.3H2O/c2-1-3;;;;/h1H,(H,2,3);;3*1H2. The summed E-state index contributed by atoms with van der Waals surface area (Å²) in [6, 6.07) is 0. The Morgan fingerprint density at radius 1 is 1.14 bits per heavy atom. The molecule has 1 radical (unpaired) electrons. The molecule has 0 saturated carbocycles. The molecule has 0 aromatic carbocycles. The molecule has 0 unspecified atom stereocenters. The maximum atomic E-state index is 8.36. The average molecular weight is 123 g/mol. The first-order valence-corrected chi connectivity index (χ1v) is 0.494. The van der Waals surface area contributed by atoms with E-state index in [4.69, 9.17) is 9.90 Å². The molecule has 0 aliphatic rings. The van der Waals surface area contributed by atoms with Crippen molar-refractivity contribution in [1.82, 2.24) is 0 Å².